The maximum Gasteiger partial charge on any atom is 0.225 e. The number of benzene rings is 1. The molecule has 1 saturated carbocycles. The minimum atomic E-state index is 0. The van der Waals surface area contributed by atoms with E-state index < -0.39 is 0 Å². The van der Waals surface area contributed by atoms with E-state index in [0.717, 1.165) is 44.1 Å². The summed E-state index contributed by atoms with van der Waals surface area (Å²) in [4.78, 5) is 27.1. The van der Waals surface area contributed by atoms with Crippen molar-refractivity contribution in [2.24, 2.45) is 17.6 Å². The molecule has 4 nitrogen and oxygen atoms in total. The van der Waals surface area contributed by atoms with Crippen LogP contribution in [0.25, 0.3) is 0 Å². The standard InChI is InChI=1S/C19H26N2O2.ClH/c20-17-8-4-7-16(13-17)19(23)21-11-9-15(10-12-21)18(22)14-5-2-1-3-6-14;/h1-3,5-6,15-17H,4,7-13,20H2;1H. The summed E-state index contributed by atoms with van der Waals surface area (Å²) in [5, 5.41) is 0. The highest BCUT2D eigenvalue weighted by atomic mass is 35.5. The molecule has 0 aromatic heterocycles. The van der Waals surface area contributed by atoms with Crippen LogP contribution in [0.15, 0.2) is 30.3 Å². The molecule has 2 unspecified atom stereocenters. The number of carbonyl (C=O) groups is 2. The zero-order valence-electron chi connectivity index (χ0n) is 14.0. The fraction of sp³-hybridized carbons (Fsp3) is 0.579. The molecule has 1 saturated heterocycles. The average Bonchev–Trinajstić information content (AvgIpc) is 2.61. The number of nitrogens with zero attached hydrogens (tertiary/aromatic N) is 1. The van der Waals surface area contributed by atoms with Gasteiger partial charge in [0.2, 0.25) is 5.91 Å². The predicted octanol–water partition coefficient (Wildman–Crippen LogP) is 3.05. The van der Waals surface area contributed by atoms with E-state index in [-0.39, 0.29) is 42.0 Å². The smallest absolute Gasteiger partial charge is 0.225 e. The van der Waals surface area contributed by atoms with Gasteiger partial charge in [0.05, 0.1) is 0 Å². The first-order valence-electron chi connectivity index (χ1n) is 8.79. The van der Waals surface area contributed by atoms with E-state index in [2.05, 4.69) is 0 Å². The monoisotopic (exact) mass is 350 g/mol. The predicted molar refractivity (Wildman–Crippen MR) is 97.3 cm³/mol. The summed E-state index contributed by atoms with van der Waals surface area (Å²) in [6.45, 7) is 1.40. The van der Waals surface area contributed by atoms with Gasteiger partial charge in [0.1, 0.15) is 0 Å². The summed E-state index contributed by atoms with van der Waals surface area (Å²) in [5.41, 5.74) is 6.79. The number of ketones is 1. The quantitative estimate of drug-likeness (QED) is 0.852. The van der Waals surface area contributed by atoms with Crippen molar-refractivity contribution in [2.75, 3.05) is 13.1 Å². The van der Waals surface area contributed by atoms with Crippen LogP contribution in [-0.4, -0.2) is 35.7 Å². The zero-order valence-corrected chi connectivity index (χ0v) is 14.8. The number of amides is 1. The lowest BCUT2D eigenvalue weighted by Crippen LogP contribution is -2.45. The molecular weight excluding hydrogens is 324 g/mol. The molecule has 1 amide bonds. The minimum absolute atomic E-state index is 0. The van der Waals surface area contributed by atoms with Gasteiger partial charge in [0.25, 0.3) is 0 Å². The summed E-state index contributed by atoms with van der Waals surface area (Å²) in [5.74, 6) is 0.623. The van der Waals surface area contributed by atoms with Crippen molar-refractivity contribution >= 4 is 24.1 Å². The van der Waals surface area contributed by atoms with Crippen LogP contribution in [0.1, 0.15) is 48.9 Å². The number of likely N-dealkylation sites (tertiary alicyclic amines) is 1. The van der Waals surface area contributed by atoms with Gasteiger partial charge in [-0.25, -0.2) is 0 Å². The number of hydrogen-bond donors (Lipinski definition) is 1. The van der Waals surface area contributed by atoms with Crippen LogP contribution in [0.5, 0.6) is 0 Å². The molecule has 132 valence electrons. The lowest BCUT2D eigenvalue weighted by molar-refractivity contribution is -0.138. The van der Waals surface area contributed by atoms with E-state index in [4.69, 9.17) is 5.73 Å². The lowest BCUT2D eigenvalue weighted by atomic mass is 9.84. The Morgan fingerprint density at radius 3 is 2.25 bits per heavy atom. The Morgan fingerprint density at radius 2 is 1.62 bits per heavy atom. The molecule has 24 heavy (non-hydrogen) atoms. The zero-order chi connectivity index (χ0) is 16.2. The second-order valence-corrected chi connectivity index (χ2v) is 6.95. The van der Waals surface area contributed by atoms with Crippen molar-refractivity contribution < 1.29 is 9.59 Å². The first-order valence-corrected chi connectivity index (χ1v) is 8.79. The maximum absolute atomic E-state index is 12.6. The van der Waals surface area contributed by atoms with E-state index in [1.807, 2.05) is 35.2 Å². The summed E-state index contributed by atoms with van der Waals surface area (Å²) in [6, 6.07) is 9.66. The number of rotatable bonds is 3. The summed E-state index contributed by atoms with van der Waals surface area (Å²) < 4.78 is 0. The second kappa shape index (κ2) is 8.63. The van der Waals surface area contributed by atoms with Crippen LogP contribution >= 0.6 is 12.4 Å². The van der Waals surface area contributed by atoms with Gasteiger partial charge in [-0.3, -0.25) is 9.59 Å². The third kappa shape index (κ3) is 4.37. The molecular formula is C19H27ClN2O2. The van der Waals surface area contributed by atoms with Gasteiger partial charge in [-0.2, -0.15) is 0 Å². The van der Waals surface area contributed by atoms with Crippen molar-refractivity contribution in [3.63, 3.8) is 0 Å². The molecule has 0 spiro atoms. The van der Waals surface area contributed by atoms with Crippen molar-refractivity contribution in [2.45, 2.75) is 44.6 Å². The molecule has 5 heteroatoms. The Kier molecular flexibility index (Phi) is 6.81. The highest BCUT2D eigenvalue weighted by Gasteiger charge is 2.32. The van der Waals surface area contributed by atoms with E-state index in [9.17, 15) is 9.59 Å². The molecule has 0 radical (unpaired) electrons. The van der Waals surface area contributed by atoms with Gasteiger partial charge in [-0.1, -0.05) is 36.8 Å². The second-order valence-electron chi connectivity index (χ2n) is 6.95. The maximum atomic E-state index is 12.6. The van der Waals surface area contributed by atoms with Gasteiger partial charge in [-0.15, -0.1) is 12.4 Å². The van der Waals surface area contributed by atoms with Crippen molar-refractivity contribution in [1.29, 1.82) is 0 Å². The SMILES string of the molecule is Cl.NC1CCCC(C(=O)N2CCC(C(=O)c3ccccc3)CC2)C1. The molecule has 3 rings (SSSR count). The van der Waals surface area contributed by atoms with E-state index >= 15 is 0 Å². The fourth-order valence-corrected chi connectivity index (χ4v) is 3.91. The molecule has 1 aliphatic carbocycles. The molecule has 0 bridgehead atoms. The van der Waals surface area contributed by atoms with Crippen LogP contribution in [0.2, 0.25) is 0 Å². The Morgan fingerprint density at radius 1 is 0.958 bits per heavy atom. The van der Waals surface area contributed by atoms with Crippen LogP contribution < -0.4 is 5.73 Å². The summed E-state index contributed by atoms with van der Waals surface area (Å²) in [6.07, 6.45) is 5.44. The molecule has 1 aliphatic heterocycles. The average molecular weight is 351 g/mol. The molecule has 1 aromatic carbocycles. The summed E-state index contributed by atoms with van der Waals surface area (Å²) >= 11 is 0. The minimum Gasteiger partial charge on any atom is -0.342 e. The summed E-state index contributed by atoms with van der Waals surface area (Å²) in [7, 11) is 0. The molecule has 1 aromatic rings. The largest absolute Gasteiger partial charge is 0.342 e. The lowest BCUT2D eigenvalue weighted by Gasteiger charge is -2.35. The number of piperidine rings is 1. The number of Topliss-reactive ketones (excluding diaryl/α,β-unsaturated/α-hetero) is 1. The Bertz CT molecular complexity index is 556. The number of halogens is 1. The number of nitrogens with two attached hydrogens (primary N) is 1. The van der Waals surface area contributed by atoms with Gasteiger partial charge < -0.3 is 10.6 Å². The topological polar surface area (TPSA) is 63.4 Å². The van der Waals surface area contributed by atoms with E-state index in [1.165, 1.54) is 0 Å². The number of carbonyl (C=O) groups excluding carboxylic acids is 2. The Balaban J connectivity index is 0.00000208. The van der Waals surface area contributed by atoms with Crippen LogP contribution in [0, 0.1) is 11.8 Å². The molecule has 1 heterocycles. The Labute approximate surface area is 150 Å². The van der Waals surface area contributed by atoms with Gasteiger partial charge in [-0.05, 0) is 32.1 Å². The van der Waals surface area contributed by atoms with E-state index in [1.54, 1.807) is 0 Å². The fourth-order valence-electron chi connectivity index (χ4n) is 3.91. The highest BCUT2D eigenvalue weighted by Crippen LogP contribution is 2.28. The normalized spacial score (nSPS) is 25.0. The molecule has 2 atom stereocenters. The van der Waals surface area contributed by atoms with Gasteiger partial charge in [0, 0.05) is 36.5 Å². The van der Waals surface area contributed by atoms with Gasteiger partial charge >= 0.3 is 0 Å². The van der Waals surface area contributed by atoms with Crippen molar-refractivity contribution in [3.8, 4) is 0 Å². The van der Waals surface area contributed by atoms with Crippen LogP contribution in [0.3, 0.4) is 0 Å². The van der Waals surface area contributed by atoms with Crippen molar-refractivity contribution in [3.05, 3.63) is 35.9 Å². The third-order valence-corrected chi connectivity index (χ3v) is 5.30. The molecule has 2 aliphatic rings. The first kappa shape index (κ1) is 18.9. The number of hydrogen-bond acceptors (Lipinski definition) is 3. The third-order valence-electron chi connectivity index (χ3n) is 5.30. The Hall–Kier alpha value is -1.39. The highest BCUT2D eigenvalue weighted by molar-refractivity contribution is 5.98. The van der Waals surface area contributed by atoms with Crippen LogP contribution in [-0.2, 0) is 4.79 Å². The molecule has 2 fully saturated rings. The molecule has 2 N–H and O–H groups in total. The van der Waals surface area contributed by atoms with Crippen molar-refractivity contribution in [1.82, 2.24) is 4.90 Å². The van der Waals surface area contributed by atoms with Crippen LogP contribution in [0.4, 0.5) is 0 Å². The van der Waals surface area contributed by atoms with E-state index in [0.29, 0.717) is 13.1 Å². The first-order chi connectivity index (χ1) is 11.1. The van der Waals surface area contributed by atoms with Gasteiger partial charge in [0.15, 0.2) is 5.78 Å².